The highest BCUT2D eigenvalue weighted by Crippen LogP contribution is 2.31. The van der Waals surface area contributed by atoms with Gasteiger partial charge in [0.2, 0.25) is 5.91 Å². The van der Waals surface area contributed by atoms with E-state index in [0.29, 0.717) is 11.1 Å². The fraction of sp³-hybridized carbons (Fsp3) is 0.562. The van der Waals surface area contributed by atoms with Crippen molar-refractivity contribution in [3.05, 3.63) is 23.2 Å². The van der Waals surface area contributed by atoms with Gasteiger partial charge in [0.15, 0.2) is 0 Å². The molecule has 1 saturated heterocycles. The lowest BCUT2D eigenvalue weighted by Crippen LogP contribution is -2.50. The Hall–Kier alpha value is -1.26. The normalized spacial score (nSPS) is 19.5. The first-order valence-electron chi connectivity index (χ1n) is 7.37. The summed E-state index contributed by atoms with van der Waals surface area (Å²) in [6.45, 7) is 10.7. The molecule has 2 N–H and O–H groups in total. The van der Waals surface area contributed by atoms with Crippen molar-refractivity contribution in [2.45, 2.75) is 33.7 Å². The second-order valence-electron chi connectivity index (χ2n) is 6.62. The zero-order valence-electron chi connectivity index (χ0n) is 13.2. The van der Waals surface area contributed by atoms with Gasteiger partial charge in [-0.05, 0) is 25.1 Å². The number of hydrogen-bond donors (Lipinski definition) is 2. The van der Waals surface area contributed by atoms with E-state index in [1.54, 1.807) is 0 Å². The SMILES string of the molecule is C[C@@H]1CNCCN1c1ccc(NC(=O)C(C)(C)C)cc1Cl. The van der Waals surface area contributed by atoms with Crippen LogP contribution >= 0.6 is 11.6 Å². The van der Waals surface area contributed by atoms with Crippen molar-refractivity contribution >= 4 is 28.9 Å². The second-order valence-corrected chi connectivity index (χ2v) is 7.02. The van der Waals surface area contributed by atoms with Crippen LogP contribution in [0.1, 0.15) is 27.7 Å². The number of piperazine rings is 1. The molecule has 21 heavy (non-hydrogen) atoms. The van der Waals surface area contributed by atoms with E-state index in [0.717, 1.165) is 31.0 Å². The molecule has 1 fully saturated rings. The topological polar surface area (TPSA) is 44.4 Å². The van der Waals surface area contributed by atoms with E-state index in [1.165, 1.54) is 0 Å². The third-order valence-electron chi connectivity index (χ3n) is 3.70. The summed E-state index contributed by atoms with van der Waals surface area (Å²) in [6.07, 6.45) is 0. The largest absolute Gasteiger partial charge is 0.365 e. The predicted octanol–water partition coefficient (Wildman–Crippen LogP) is 3.12. The Labute approximate surface area is 131 Å². The number of rotatable bonds is 2. The van der Waals surface area contributed by atoms with Crippen LogP contribution < -0.4 is 15.5 Å². The van der Waals surface area contributed by atoms with Crippen molar-refractivity contribution in [1.82, 2.24) is 5.32 Å². The van der Waals surface area contributed by atoms with Crippen molar-refractivity contribution in [1.29, 1.82) is 0 Å². The molecule has 1 aliphatic rings. The van der Waals surface area contributed by atoms with Crippen LogP contribution in [0, 0.1) is 5.41 Å². The molecule has 0 saturated carbocycles. The number of hydrogen-bond acceptors (Lipinski definition) is 3. The Morgan fingerprint density at radius 1 is 1.43 bits per heavy atom. The number of anilines is 2. The molecule has 0 unspecified atom stereocenters. The number of nitrogens with zero attached hydrogens (tertiary/aromatic N) is 1. The molecule has 0 aliphatic carbocycles. The first-order valence-corrected chi connectivity index (χ1v) is 7.75. The smallest absolute Gasteiger partial charge is 0.229 e. The summed E-state index contributed by atoms with van der Waals surface area (Å²) in [6, 6.07) is 6.14. The number of amides is 1. The summed E-state index contributed by atoms with van der Waals surface area (Å²) < 4.78 is 0. The minimum absolute atomic E-state index is 0.0122. The van der Waals surface area contributed by atoms with Crippen molar-refractivity contribution in [2.75, 3.05) is 29.9 Å². The molecule has 0 spiro atoms. The summed E-state index contributed by atoms with van der Waals surface area (Å²) in [4.78, 5) is 14.3. The quantitative estimate of drug-likeness (QED) is 0.882. The molecule has 5 heteroatoms. The molecule has 116 valence electrons. The summed E-state index contributed by atoms with van der Waals surface area (Å²) in [5.74, 6) is -0.0122. The Morgan fingerprint density at radius 3 is 2.71 bits per heavy atom. The zero-order valence-corrected chi connectivity index (χ0v) is 13.9. The molecular formula is C16H24ClN3O. The van der Waals surface area contributed by atoms with E-state index in [2.05, 4.69) is 22.5 Å². The van der Waals surface area contributed by atoms with E-state index in [4.69, 9.17) is 11.6 Å². The average molecular weight is 310 g/mol. The maximum absolute atomic E-state index is 12.0. The van der Waals surface area contributed by atoms with Gasteiger partial charge in [-0.3, -0.25) is 4.79 Å². The fourth-order valence-corrected chi connectivity index (χ4v) is 2.62. The molecule has 1 amide bonds. The number of benzene rings is 1. The molecule has 1 atom stereocenters. The summed E-state index contributed by atoms with van der Waals surface area (Å²) >= 11 is 6.41. The summed E-state index contributed by atoms with van der Waals surface area (Å²) in [5.41, 5.74) is 1.35. The van der Waals surface area contributed by atoms with Crippen LogP contribution in [0.25, 0.3) is 0 Å². The van der Waals surface area contributed by atoms with E-state index in [-0.39, 0.29) is 5.91 Å². The lowest BCUT2D eigenvalue weighted by molar-refractivity contribution is -0.123. The average Bonchev–Trinajstić information content (AvgIpc) is 2.39. The molecule has 2 rings (SSSR count). The van der Waals surface area contributed by atoms with Gasteiger partial charge in [-0.2, -0.15) is 0 Å². The van der Waals surface area contributed by atoms with Crippen molar-refractivity contribution < 1.29 is 4.79 Å². The minimum atomic E-state index is -0.418. The summed E-state index contributed by atoms with van der Waals surface area (Å²) in [7, 11) is 0. The van der Waals surface area contributed by atoms with Gasteiger partial charge in [-0.25, -0.2) is 0 Å². The van der Waals surface area contributed by atoms with Gasteiger partial charge >= 0.3 is 0 Å². The lowest BCUT2D eigenvalue weighted by Gasteiger charge is -2.36. The van der Waals surface area contributed by atoms with Crippen LogP contribution in [0.4, 0.5) is 11.4 Å². The Bertz CT molecular complexity index is 525. The molecule has 1 aromatic rings. The van der Waals surface area contributed by atoms with Gasteiger partial charge in [-0.1, -0.05) is 32.4 Å². The third kappa shape index (κ3) is 3.89. The molecule has 1 aliphatic heterocycles. The van der Waals surface area contributed by atoms with Crippen molar-refractivity contribution in [3.63, 3.8) is 0 Å². The summed E-state index contributed by atoms with van der Waals surface area (Å²) in [5, 5.41) is 6.95. The predicted molar refractivity (Wildman–Crippen MR) is 89.2 cm³/mol. The maximum Gasteiger partial charge on any atom is 0.229 e. The first kappa shape index (κ1) is 16.1. The standard InChI is InChI=1S/C16H24ClN3O/c1-11-10-18-7-8-20(11)14-6-5-12(9-13(14)17)19-15(21)16(2,3)4/h5-6,9,11,18H,7-8,10H2,1-4H3,(H,19,21)/t11-/m1/s1. The zero-order chi connectivity index (χ0) is 15.6. The van der Waals surface area contributed by atoms with Gasteiger partial charge in [0.1, 0.15) is 0 Å². The second kappa shape index (κ2) is 6.24. The van der Waals surface area contributed by atoms with Crippen LogP contribution in [-0.4, -0.2) is 31.6 Å². The first-order chi connectivity index (χ1) is 9.79. The lowest BCUT2D eigenvalue weighted by atomic mass is 9.95. The van der Waals surface area contributed by atoms with E-state index in [1.807, 2.05) is 39.0 Å². The van der Waals surface area contributed by atoms with Crippen LogP contribution in [0.3, 0.4) is 0 Å². The van der Waals surface area contributed by atoms with Crippen molar-refractivity contribution in [3.8, 4) is 0 Å². The molecule has 1 aromatic carbocycles. The van der Waals surface area contributed by atoms with Crippen LogP contribution in [0.5, 0.6) is 0 Å². The highest BCUT2D eigenvalue weighted by Gasteiger charge is 2.23. The Morgan fingerprint density at radius 2 is 2.14 bits per heavy atom. The van der Waals surface area contributed by atoms with E-state index < -0.39 is 5.41 Å². The number of halogens is 1. The van der Waals surface area contributed by atoms with Crippen LogP contribution in [0.15, 0.2) is 18.2 Å². The minimum Gasteiger partial charge on any atom is -0.365 e. The van der Waals surface area contributed by atoms with Gasteiger partial charge in [0.25, 0.3) is 0 Å². The molecule has 1 heterocycles. The number of carbonyl (C=O) groups excluding carboxylic acids is 1. The van der Waals surface area contributed by atoms with E-state index in [9.17, 15) is 4.79 Å². The van der Waals surface area contributed by atoms with Gasteiger partial charge in [0.05, 0.1) is 10.7 Å². The van der Waals surface area contributed by atoms with Crippen molar-refractivity contribution in [2.24, 2.45) is 5.41 Å². The monoisotopic (exact) mass is 309 g/mol. The third-order valence-corrected chi connectivity index (χ3v) is 4.00. The molecule has 0 aromatic heterocycles. The van der Waals surface area contributed by atoms with Gasteiger partial charge in [0, 0.05) is 36.8 Å². The highest BCUT2D eigenvalue weighted by molar-refractivity contribution is 6.33. The highest BCUT2D eigenvalue weighted by atomic mass is 35.5. The Balaban J connectivity index is 2.16. The van der Waals surface area contributed by atoms with Crippen LogP contribution in [0.2, 0.25) is 5.02 Å². The number of carbonyl (C=O) groups is 1. The fourth-order valence-electron chi connectivity index (χ4n) is 2.34. The molecular weight excluding hydrogens is 286 g/mol. The molecule has 0 bridgehead atoms. The Kier molecular flexibility index (Phi) is 4.79. The number of nitrogens with one attached hydrogen (secondary N) is 2. The van der Waals surface area contributed by atoms with Crippen LogP contribution in [-0.2, 0) is 4.79 Å². The molecule has 4 nitrogen and oxygen atoms in total. The van der Waals surface area contributed by atoms with E-state index >= 15 is 0 Å². The molecule has 0 radical (unpaired) electrons. The maximum atomic E-state index is 12.0. The van der Waals surface area contributed by atoms with Gasteiger partial charge < -0.3 is 15.5 Å². The van der Waals surface area contributed by atoms with Gasteiger partial charge in [-0.15, -0.1) is 0 Å².